The standard InChI is InChI=1S/C22H42O6/c1-2-3-4-5-6-7-8-9-10-11-12-13-14-15-20(26)22(21(27)17-24)28-18-19(25)16-23/h14-15,19,21-25,27H,2-13,16-18H2,1H3. The molecular formula is C22H42O6. The van der Waals surface area contributed by atoms with Crippen molar-refractivity contribution in [2.45, 2.75) is 102 Å². The molecule has 6 nitrogen and oxygen atoms in total. The normalized spacial score (nSPS) is 15.0. The van der Waals surface area contributed by atoms with Crippen molar-refractivity contribution >= 4 is 5.78 Å². The van der Waals surface area contributed by atoms with Crippen LogP contribution in [0.3, 0.4) is 0 Å². The third kappa shape index (κ3) is 15.2. The van der Waals surface area contributed by atoms with Gasteiger partial charge in [-0.05, 0) is 18.9 Å². The molecule has 0 aliphatic carbocycles. The average Bonchev–Trinajstić information content (AvgIpc) is 2.70. The van der Waals surface area contributed by atoms with E-state index in [1.54, 1.807) is 6.08 Å². The minimum absolute atomic E-state index is 0.281. The van der Waals surface area contributed by atoms with E-state index in [1.165, 1.54) is 63.9 Å². The second kappa shape index (κ2) is 19.5. The summed E-state index contributed by atoms with van der Waals surface area (Å²) in [6.07, 6.45) is 14.2. The van der Waals surface area contributed by atoms with Crippen LogP contribution in [0.15, 0.2) is 12.2 Å². The highest BCUT2D eigenvalue weighted by atomic mass is 16.5. The van der Waals surface area contributed by atoms with Gasteiger partial charge in [0.15, 0.2) is 5.78 Å². The van der Waals surface area contributed by atoms with Crippen LogP contribution in [0.1, 0.15) is 84.0 Å². The number of hydrogen-bond donors (Lipinski definition) is 4. The molecule has 3 unspecified atom stereocenters. The minimum atomic E-state index is -1.36. The number of ketones is 1. The fraction of sp³-hybridized carbons (Fsp3) is 0.864. The molecule has 0 aliphatic heterocycles. The Bertz CT molecular complexity index is 385. The fourth-order valence-electron chi connectivity index (χ4n) is 2.97. The lowest BCUT2D eigenvalue weighted by atomic mass is 10.0. The molecule has 4 N–H and O–H groups in total. The number of allylic oxidation sites excluding steroid dienone is 1. The number of ether oxygens (including phenoxy) is 1. The molecule has 0 heterocycles. The maximum atomic E-state index is 12.1. The SMILES string of the molecule is CCCCCCCCCCCCCC=CC(=O)C(OCC(O)CO)C(O)CO. The molecule has 0 aromatic rings. The average molecular weight is 403 g/mol. The van der Waals surface area contributed by atoms with E-state index in [0.717, 1.165) is 19.3 Å². The summed E-state index contributed by atoms with van der Waals surface area (Å²) in [6, 6.07) is 0. The molecule has 0 radical (unpaired) electrons. The molecule has 0 saturated heterocycles. The number of aliphatic hydroxyl groups excluding tert-OH is 4. The van der Waals surface area contributed by atoms with Crippen molar-refractivity contribution in [2.24, 2.45) is 0 Å². The third-order valence-corrected chi connectivity index (χ3v) is 4.75. The number of carbonyl (C=O) groups is 1. The van der Waals surface area contributed by atoms with Gasteiger partial charge in [-0.15, -0.1) is 0 Å². The monoisotopic (exact) mass is 402 g/mol. The predicted molar refractivity (Wildman–Crippen MR) is 111 cm³/mol. The van der Waals surface area contributed by atoms with Crippen LogP contribution < -0.4 is 0 Å². The number of rotatable bonds is 20. The molecule has 0 aliphatic rings. The highest BCUT2D eigenvalue weighted by Gasteiger charge is 2.26. The first-order valence-electron chi connectivity index (χ1n) is 11.0. The summed E-state index contributed by atoms with van der Waals surface area (Å²) in [5, 5.41) is 36.8. The van der Waals surface area contributed by atoms with E-state index < -0.39 is 37.3 Å². The van der Waals surface area contributed by atoms with Gasteiger partial charge in [0.1, 0.15) is 18.3 Å². The van der Waals surface area contributed by atoms with Crippen LogP contribution in [0, 0.1) is 0 Å². The van der Waals surface area contributed by atoms with Crippen LogP contribution in [-0.4, -0.2) is 64.3 Å². The Labute approximate surface area is 170 Å². The third-order valence-electron chi connectivity index (χ3n) is 4.75. The number of aliphatic hydroxyl groups is 4. The van der Waals surface area contributed by atoms with Gasteiger partial charge in [-0.1, -0.05) is 77.2 Å². The molecule has 0 saturated carbocycles. The molecule has 3 atom stereocenters. The van der Waals surface area contributed by atoms with Crippen molar-refractivity contribution < 1.29 is 30.0 Å². The van der Waals surface area contributed by atoms with Crippen LogP contribution in [0.4, 0.5) is 0 Å². The molecule has 6 heteroatoms. The van der Waals surface area contributed by atoms with Crippen molar-refractivity contribution in [3.63, 3.8) is 0 Å². The van der Waals surface area contributed by atoms with Crippen molar-refractivity contribution in [2.75, 3.05) is 19.8 Å². The molecule has 28 heavy (non-hydrogen) atoms. The van der Waals surface area contributed by atoms with Crippen LogP contribution in [0.25, 0.3) is 0 Å². The van der Waals surface area contributed by atoms with Crippen LogP contribution in [0.5, 0.6) is 0 Å². The summed E-state index contributed by atoms with van der Waals surface area (Å²) in [5.41, 5.74) is 0. The smallest absolute Gasteiger partial charge is 0.186 e. The van der Waals surface area contributed by atoms with E-state index in [0.29, 0.717) is 0 Å². The molecular weight excluding hydrogens is 360 g/mol. The Morgan fingerprint density at radius 1 is 0.857 bits per heavy atom. The lowest BCUT2D eigenvalue weighted by molar-refractivity contribution is -0.140. The zero-order valence-electron chi connectivity index (χ0n) is 17.6. The van der Waals surface area contributed by atoms with E-state index in [1.807, 2.05) is 0 Å². The van der Waals surface area contributed by atoms with Gasteiger partial charge in [0, 0.05) is 0 Å². The molecule has 0 aromatic heterocycles. The Morgan fingerprint density at radius 3 is 1.89 bits per heavy atom. The Hall–Kier alpha value is -0.790. The lowest BCUT2D eigenvalue weighted by Gasteiger charge is -2.20. The van der Waals surface area contributed by atoms with E-state index in [2.05, 4.69) is 6.92 Å². The van der Waals surface area contributed by atoms with Crippen LogP contribution in [0.2, 0.25) is 0 Å². The van der Waals surface area contributed by atoms with Crippen LogP contribution in [-0.2, 0) is 9.53 Å². The lowest BCUT2D eigenvalue weighted by Crippen LogP contribution is -2.40. The Morgan fingerprint density at radius 2 is 1.39 bits per heavy atom. The Balaban J connectivity index is 3.83. The fourth-order valence-corrected chi connectivity index (χ4v) is 2.97. The molecule has 166 valence electrons. The van der Waals surface area contributed by atoms with Gasteiger partial charge < -0.3 is 25.2 Å². The highest BCUT2D eigenvalue weighted by molar-refractivity contribution is 5.94. The van der Waals surface area contributed by atoms with Gasteiger partial charge in [-0.2, -0.15) is 0 Å². The zero-order valence-corrected chi connectivity index (χ0v) is 17.6. The number of unbranched alkanes of at least 4 members (excludes halogenated alkanes) is 11. The molecule has 0 rings (SSSR count). The first-order valence-corrected chi connectivity index (χ1v) is 11.0. The summed E-state index contributed by atoms with van der Waals surface area (Å²) in [6.45, 7) is 0.847. The van der Waals surface area contributed by atoms with Gasteiger partial charge in [-0.25, -0.2) is 0 Å². The van der Waals surface area contributed by atoms with E-state index in [-0.39, 0.29) is 6.61 Å². The molecule has 0 bridgehead atoms. The van der Waals surface area contributed by atoms with Gasteiger partial charge in [0.2, 0.25) is 0 Å². The van der Waals surface area contributed by atoms with E-state index in [9.17, 15) is 15.0 Å². The van der Waals surface area contributed by atoms with Crippen LogP contribution >= 0.6 is 0 Å². The van der Waals surface area contributed by atoms with Gasteiger partial charge in [0.25, 0.3) is 0 Å². The quantitative estimate of drug-likeness (QED) is 0.184. The molecule has 0 aromatic carbocycles. The summed E-state index contributed by atoms with van der Waals surface area (Å²) >= 11 is 0. The summed E-state index contributed by atoms with van der Waals surface area (Å²) in [4.78, 5) is 12.1. The zero-order chi connectivity index (χ0) is 21.0. The van der Waals surface area contributed by atoms with Gasteiger partial charge in [0.05, 0.1) is 19.8 Å². The van der Waals surface area contributed by atoms with Crippen molar-refractivity contribution in [3.05, 3.63) is 12.2 Å². The largest absolute Gasteiger partial charge is 0.394 e. The first-order chi connectivity index (χ1) is 13.6. The molecule has 0 spiro atoms. The van der Waals surface area contributed by atoms with Crippen molar-refractivity contribution in [1.82, 2.24) is 0 Å². The van der Waals surface area contributed by atoms with Crippen molar-refractivity contribution in [3.8, 4) is 0 Å². The second-order valence-electron chi connectivity index (χ2n) is 7.47. The first kappa shape index (κ1) is 27.2. The van der Waals surface area contributed by atoms with E-state index in [4.69, 9.17) is 14.9 Å². The predicted octanol–water partition coefficient (Wildman–Crippen LogP) is 2.90. The number of hydrogen-bond acceptors (Lipinski definition) is 6. The maximum absolute atomic E-state index is 12.1. The second-order valence-corrected chi connectivity index (χ2v) is 7.47. The molecule has 0 amide bonds. The topological polar surface area (TPSA) is 107 Å². The maximum Gasteiger partial charge on any atom is 0.186 e. The minimum Gasteiger partial charge on any atom is -0.394 e. The summed E-state index contributed by atoms with van der Waals surface area (Å²) in [5.74, 6) is -0.449. The number of carbonyl (C=O) groups excluding carboxylic acids is 1. The van der Waals surface area contributed by atoms with Gasteiger partial charge in [-0.3, -0.25) is 4.79 Å². The van der Waals surface area contributed by atoms with E-state index >= 15 is 0 Å². The summed E-state index contributed by atoms with van der Waals surface area (Å²) < 4.78 is 5.15. The summed E-state index contributed by atoms with van der Waals surface area (Å²) in [7, 11) is 0. The Kier molecular flexibility index (Phi) is 19.0. The molecule has 0 fully saturated rings. The highest BCUT2D eigenvalue weighted by Crippen LogP contribution is 2.12. The van der Waals surface area contributed by atoms with Gasteiger partial charge >= 0.3 is 0 Å². The van der Waals surface area contributed by atoms with Crippen molar-refractivity contribution in [1.29, 1.82) is 0 Å².